The molecule has 1 fully saturated rings. The van der Waals surface area contributed by atoms with Gasteiger partial charge in [-0.2, -0.15) is 4.39 Å². The first kappa shape index (κ1) is 10.1. The SMILES string of the molecule is CC(F)(OC(=O)C1CC1)c1ccccc1. The number of halogens is 1. The summed E-state index contributed by atoms with van der Waals surface area (Å²) in [5.74, 6) is -2.52. The Morgan fingerprint density at radius 1 is 1.40 bits per heavy atom. The summed E-state index contributed by atoms with van der Waals surface area (Å²) in [5.41, 5.74) is 0.374. The van der Waals surface area contributed by atoms with Crippen LogP contribution >= 0.6 is 0 Å². The van der Waals surface area contributed by atoms with E-state index < -0.39 is 11.8 Å². The second-order valence-corrected chi connectivity index (χ2v) is 3.98. The lowest BCUT2D eigenvalue weighted by Crippen LogP contribution is -2.24. The summed E-state index contributed by atoms with van der Waals surface area (Å²) in [7, 11) is 0. The van der Waals surface area contributed by atoms with Gasteiger partial charge in [0.25, 0.3) is 5.85 Å². The van der Waals surface area contributed by atoms with Crippen molar-refractivity contribution in [2.24, 2.45) is 5.92 Å². The molecule has 1 aliphatic carbocycles. The first-order valence-corrected chi connectivity index (χ1v) is 5.07. The van der Waals surface area contributed by atoms with Crippen LogP contribution in [0.15, 0.2) is 30.3 Å². The zero-order valence-electron chi connectivity index (χ0n) is 8.57. The highest BCUT2D eigenvalue weighted by Gasteiger charge is 2.38. The van der Waals surface area contributed by atoms with Crippen molar-refractivity contribution in [2.45, 2.75) is 25.6 Å². The quantitative estimate of drug-likeness (QED) is 0.714. The molecule has 1 aliphatic rings. The predicted octanol–water partition coefficient (Wildman–Crippen LogP) is 2.78. The molecule has 2 rings (SSSR count). The number of hydrogen-bond donors (Lipinski definition) is 0. The van der Waals surface area contributed by atoms with Crippen molar-refractivity contribution in [3.8, 4) is 0 Å². The first-order chi connectivity index (χ1) is 7.09. The van der Waals surface area contributed by atoms with Gasteiger partial charge in [0.15, 0.2) is 0 Å². The number of rotatable bonds is 3. The normalized spacial score (nSPS) is 19.3. The van der Waals surface area contributed by atoms with Crippen molar-refractivity contribution in [2.75, 3.05) is 0 Å². The van der Waals surface area contributed by atoms with Crippen LogP contribution < -0.4 is 0 Å². The molecule has 1 atom stereocenters. The van der Waals surface area contributed by atoms with Gasteiger partial charge in [-0.1, -0.05) is 30.3 Å². The molecule has 0 saturated heterocycles. The Labute approximate surface area is 88.1 Å². The van der Waals surface area contributed by atoms with Crippen LogP contribution in [-0.2, 0) is 15.4 Å². The molecule has 1 saturated carbocycles. The number of esters is 1. The van der Waals surface area contributed by atoms with Crippen LogP contribution in [-0.4, -0.2) is 5.97 Å². The molecule has 0 amide bonds. The van der Waals surface area contributed by atoms with E-state index in [2.05, 4.69) is 0 Å². The molecule has 0 heterocycles. The second kappa shape index (κ2) is 3.65. The minimum Gasteiger partial charge on any atom is -0.424 e. The molecular weight excluding hydrogens is 195 g/mol. The molecule has 2 nitrogen and oxygen atoms in total. The van der Waals surface area contributed by atoms with Gasteiger partial charge < -0.3 is 4.74 Å². The summed E-state index contributed by atoms with van der Waals surface area (Å²) in [6.45, 7) is 1.27. The second-order valence-electron chi connectivity index (χ2n) is 3.98. The summed E-state index contributed by atoms with van der Waals surface area (Å²) in [6, 6.07) is 8.46. The van der Waals surface area contributed by atoms with Crippen molar-refractivity contribution >= 4 is 5.97 Å². The Hall–Kier alpha value is -1.38. The molecule has 0 radical (unpaired) electrons. The highest BCUT2D eigenvalue weighted by atomic mass is 19.2. The molecule has 1 unspecified atom stereocenters. The van der Waals surface area contributed by atoms with Crippen LogP contribution in [0.25, 0.3) is 0 Å². The van der Waals surface area contributed by atoms with Crippen LogP contribution in [0.3, 0.4) is 0 Å². The largest absolute Gasteiger partial charge is 0.424 e. The van der Waals surface area contributed by atoms with Crippen LogP contribution in [0.2, 0.25) is 0 Å². The number of carbonyl (C=O) groups excluding carboxylic acids is 1. The molecular formula is C12H13FO2. The molecule has 1 aromatic carbocycles. The van der Waals surface area contributed by atoms with E-state index in [0.29, 0.717) is 5.56 Å². The van der Waals surface area contributed by atoms with Crippen LogP contribution in [0, 0.1) is 5.92 Å². The first-order valence-electron chi connectivity index (χ1n) is 5.07. The van der Waals surface area contributed by atoms with Crippen molar-refractivity contribution in [3.05, 3.63) is 35.9 Å². The van der Waals surface area contributed by atoms with E-state index in [4.69, 9.17) is 4.74 Å². The fourth-order valence-electron chi connectivity index (χ4n) is 1.39. The summed E-state index contributed by atoms with van der Waals surface area (Å²) < 4.78 is 18.9. The topological polar surface area (TPSA) is 26.3 Å². The van der Waals surface area contributed by atoms with E-state index in [-0.39, 0.29) is 5.92 Å². The predicted molar refractivity (Wildman–Crippen MR) is 53.7 cm³/mol. The molecule has 80 valence electrons. The maximum Gasteiger partial charge on any atom is 0.311 e. The van der Waals surface area contributed by atoms with Gasteiger partial charge in [0.1, 0.15) is 0 Å². The summed E-state index contributed by atoms with van der Waals surface area (Å²) in [4.78, 5) is 11.3. The van der Waals surface area contributed by atoms with Crippen molar-refractivity contribution < 1.29 is 13.9 Å². The molecule has 15 heavy (non-hydrogen) atoms. The molecule has 0 aliphatic heterocycles. The van der Waals surface area contributed by atoms with Crippen molar-refractivity contribution in [1.29, 1.82) is 0 Å². The van der Waals surface area contributed by atoms with Gasteiger partial charge in [0, 0.05) is 12.5 Å². The van der Waals surface area contributed by atoms with Crippen molar-refractivity contribution in [1.82, 2.24) is 0 Å². The average Bonchev–Trinajstić information content (AvgIpc) is 3.01. The minimum atomic E-state index is -2.01. The lowest BCUT2D eigenvalue weighted by molar-refractivity contribution is -0.182. The van der Waals surface area contributed by atoms with Gasteiger partial charge in [-0.3, -0.25) is 4.79 Å². The Morgan fingerprint density at radius 2 is 2.00 bits per heavy atom. The minimum absolute atomic E-state index is 0.0798. The maximum atomic E-state index is 14.0. The Morgan fingerprint density at radius 3 is 2.53 bits per heavy atom. The number of benzene rings is 1. The van der Waals surface area contributed by atoms with E-state index in [0.717, 1.165) is 12.8 Å². The third kappa shape index (κ3) is 2.35. The number of alkyl halides is 1. The standard InChI is InChI=1S/C12H13FO2/c1-12(13,10-5-3-2-4-6-10)15-11(14)9-7-8-9/h2-6,9H,7-8H2,1H3. The van der Waals surface area contributed by atoms with E-state index in [9.17, 15) is 9.18 Å². The number of ether oxygens (including phenoxy) is 1. The summed E-state index contributed by atoms with van der Waals surface area (Å²) in [6.07, 6.45) is 1.65. The fourth-order valence-corrected chi connectivity index (χ4v) is 1.39. The zero-order chi connectivity index (χ0) is 10.9. The van der Waals surface area contributed by atoms with Crippen LogP contribution in [0.1, 0.15) is 25.3 Å². The third-order valence-corrected chi connectivity index (χ3v) is 2.49. The van der Waals surface area contributed by atoms with Crippen LogP contribution in [0.5, 0.6) is 0 Å². The Balaban J connectivity index is 2.08. The van der Waals surface area contributed by atoms with E-state index in [1.54, 1.807) is 30.3 Å². The van der Waals surface area contributed by atoms with Crippen molar-refractivity contribution in [3.63, 3.8) is 0 Å². The summed E-state index contributed by atoms with van der Waals surface area (Å²) >= 11 is 0. The van der Waals surface area contributed by atoms with Gasteiger partial charge in [0.2, 0.25) is 0 Å². The Bertz CT molecular complexity index is 355. The average molecular weight is 208 g/mol. The third-order valence-electron chi connectivity index (χ3n) is 2.49. The smallest absolute Gasteiger partial charge is 0.311 e. The molecule has 0 N–H and O–H groups in total. The van der Waals surface area contributed by atoms with Gasteiger partial charge in [-0.25, -0.2) is 0 Å². The maximum absolute atomic E-state index is 14.0. The molecule has 0 spiro atoms. The van der Waals surface area contributed by atoms with Gasteiger partial charge in [-0.15, -0.1) is 0 Å². The number of hydrogen-bond acceptors (Lipinski definition) is 2. The zero-order valence-corrected chi connectivity index (χ0v) is 8.57. The van der Waals surface area contributed by atoms with Gasteiger partial charge >= 0.3 is 5.97 Å². The van der Waals surface area contributed by atoms with E-state index >= 15 is 0 Å². The highest BCUT2D eigenvalue weighted by molar-refractivity contribution is 5.75. The van der Waals surface area contributed by atoms with E-state index in [1.807, 2.05) is 0 Å². The Kier molecular flexibility index (Phi) is 2.47. The highest BCUT2D eigenvalue weighted by Crippen LogP contribution is 2.35. The number of carbonyl (C=O) groups is 1. The fraction of sp³-hybridized carbons (Fsp3) is 0.417. The molecule has 0 bridgehead atoms. The van der Waals surface area contributed by atoms with Gasteiger partial charge in [-0.05, 0) is 12.8 Å². The monoisotopic (exact) mass is 208 g/mol. The van der Waals surface area contributed by atoms with Crippen LogP contribution in [0.4, 0.5) is 4.39 Å². The van der Waals surface area contributed by atoms with E-state index in [1.165, 1.54) is 6.92 Å². The molecule has 1 aromatic rings. The molecule has 0 aromatic heterocycles. The lowest BCUT2D eigenvalue weighted by atomic mass is 10.1. The molecule has 3 heteroatoms. The van der Waals surface area contributed by atoms with Gasteiger partial charge in [0.05, 0.1) is 5.92 Å². The lowest BCUT2D eigenvalue weighted by Gasteiger charge is -2.21. The summed E-state index contributed by atoms with van der Waals surface area (Å²) in [5, 5.41) is 0.